The van der Waals surface area contributed by atoms with E-state index in [1.54, 1.807) is 6.07 Å². The van der Waals surface area contributed by atoms with Gasteiger partial charge < -0.3 is 19.6 Å². The summed E-state index contributed by atoms with van der Waals surface area (Å²) in [5, 5.41) is 23.2. The Kier molecular flexibility index (Phi) is 4.45. The van der Waals surface area contributed by atoms with Gasteiger partial charge in [0.2, 0.25) is 5.76 Å². The van der Waals surface area contributed by atoms with Gasteiger partial charge in [-0.3, -0.25) is 4.79 Å². The average Bonchev–Trinajstić information content (AvgIpc) is 2.85. The monoisotopic (exact) mass is 282 g/mol. The van der Waals surface area contributed by atoms with Crippen molar-refractivity contribution in [3.05, 3.63) is 17.5 Å². The number of likely N-dealkylation sites (tertiary alicyclic amines) is 1. The number of aliphatic hydroxyl groups excluding tert-OH is 1. The molecule has 0 unspecified atom stereocenters. The first kappa shape index (κ1) is 15.0. The highest BCUT2D eigenvalue weighted by atomic mass is 16.5. The van der Waals surface area contributed by atoms with Crippen LogP contribution in [-0.4, -0.2) is 51.5 Å². The molecule has 1 saturated heterocycles. The Hall–Kier alpha value is -1.40. The van der Waals surface area contributed by atoms with E-state index in [-0.39, 0.29) is 24.8 Å². The number of aromatic nitrogens is 1. The van der Waals surface area contributed by atoms with Crippen molar-refractivity contribution in [3.63, 3.8) is 0 Å². The molecular formula is C14H22N2O4. The number of nitrogens with zero attached hydrogens (tertiary/aromatic N) is 2. The van der Waals surface area contributed by atoms with Crippen molar-refractivity contribution in [2.24, 2.45) is 5.92 Å². The van der Waals surface area contributed by atoms with Crippen LogP contribution in [0, 0.1) is 5.92 Å². The van der Waals surface area contributed by atoms with Gasteiger partial charge in [0.05, 0.1) is 18.8 Å². The maximum absolute atomic E-state index is 12.3. The number of rotatable bonds is 4. The van der Waals surface area contributed by atoms with Crippen molar-refractivity contribution in [1.82, 2.24) is 10.1 Å². The third-order valence-electron chi connectivity index (χ3n) is 3.52. The van der Waals surface area contributed by atoms with Crippen molar-refractivity contribution < 1.29 is 19.5 Å². The molecular weight excluding hydrogens is 260 g/mol. The first-order valence-electron chi connectivity index (χ1n) is 7.01. The Morgan fingerprint density at radius 3 is 3.00 bits per heavy atom. The van der Waals surface area contributed by atoms with Gasteiger partial charge in [-0.1, -0.05) is 19.0 Å². The number of β-amino-alcohol motifs (C(OH)–C–C–N with tert-alkyl or cyclic N) is 1. The van der Waals surface area contributed by atoms with Gasteiger partial charge in [0.15, 0.2) is 0 Å². The zero-order valence-corrected chi connectivity index (χ0v) is 12.0. The zero-order chi connectivity index (χ0) is 14.8. The molecule has 1 aromatic rings. The molecule has 0 radical (unpaired) electrons. The van der Waals surface area contributed by atoms with Crippen molar-refractivity contribution in [3.8, 4) is 0 Å². The van der Waals surface area contributed by atoms with E-state index >= 15 is 0 Å². The zero-order valence-electron chi connectivity index (χ0n) is 12.0. The molecule has 6 heteroatoms. The molecule has 1 fully saturated rings. The summed E-state index contributed by atoms with van der Waals surface area (Å²) in [5.74, 6) is 0.361. The topological polar surface area (TPSA) is 86.8 Å². The predicted molar refractivity (Wildman–Crippen MR) is 72.2 cm³/mol. The van der Waals surface area contributed by atoms with Gasteiger partial charge in [-0.2, -0.15) is 0 Å². The Labute approximate surface area is 118 Å². The van der Waals surface area contributed by atoms with Gasteiger partial charge in [0.1, 0.15) is 5.60 Å². The summed E-state index contributed by atoms with van der Waals surface area (Å²) >= 11 is 0. The molecule has 1 amide bonds. The number of aliphatic hydroxyl groups is 2. The third-order valence-corrected chi connectivity index (χ3v) is 3.52. The normalized spacial score (nSPS) is 23.4. The fourth-order valence-corrected chi connectivity index (χ4v) is 2.50. The quantitative estimate of drug-likeness (QED) is 0.854. The van der Waals surface area contributed by atoms with Crippen LogP contribution in [0.4, 0.5) is 0 Å². The largest absolute Gasteiger partial charge is 0.393 e. The number of amides is 1. The molecule has 0 bridgehead atoms. The molecule has 0 saturated carbocycles. The van der Waals surface area contributed by atoms with E-state index in [4.69, 9.17) is 4.52 Å². The van der Waals surface area contributed by atoms with E-state index in [0.717, 1.165) is 12.1 Å². The van der Waals surface area contributed by atoms with E-state index in [9.17, 15) is 15.0 Å². The predicted octanol–water partition coefficient (Wildman–Crippen LogP) is 0.833. The van der Waals surface area contributed by atoms with Crippen LogP contribution in [-0.2, 0) is 6.42 Å². The van der Waals surface area contributed by atoms with Gasteiger partial charge >= 0.3 is 0 Å². The van der Waals surface area contributed by atoms with E-state index in [1.807, 2.05) is 0 Å². The summed E-state index contributed by atoms with van der Waals surface area (Å²) in [6.45, 7) is 4.49. The molecule has 1 aliphatic rings. The second-order valence-electron chi connectivity index (χ2n) is 5.99. The molecule has 1 atom stereocenters. The molecule has 0 spiro atoms. The summed E-state index contributed by atoms with van der Waals surface area (Å²) < 4.78 is 5.10. The molecule has 2 N–H and O–H groups in total. The second kappa shape index (κ2) is 5.93. The number of carbonyl (C=O) groups excluding carboxylic acids is 1. The number of carbonyl (C=O) groups is 1. The van der Waals surface area contributed by atoms with Crippen LogP contribution in [0.3, 0.4) is 0 Å². The average molecular weight is 282 g/mol. The van der Waals surface area contributed by atoms with Gasteiger partial charge in [-0.25, -0.2) is 0 Å². The molecule has 6 nitrogen and oxygen atoms in total. The second-order valence-corrected chi connectivity index (χ2v) is 5.99. The third kappa shape index (κ3) is 3.37. The summed E-state index contributed by atoms with van der Waals surface area (Å²) in [6.07, 6.45) is 1.93. The van der Waals surface area contributed by atoms with E-state index in [1.165, 1.54) is 4.90 Å². The maximum Gasteiger partial charge on any atom is 0.292 e. The van der Waals surface area contributed by atoms with Crippen molar-refractivity contribution in [2.45, 2.75) is 38.7 Å². The highest BCUT2D eigenvalue weighted by Crippen LogP contribution is 2.22. The van der Waals surface area contributed by atoms with Crippen LogP contribution in [0.15, 0.2) is 10.6 Å². The number of piperidine rings is 1. The minimum absolute atomic E-state index is 0.128. The highest BCUT2D eigenvalue weighted by Gasteiger charge is 2.35. The molecule has 20 heavy (non-hydrogen) atoms. The Morgan fingerprint density at radius 2 is 2.35 bits per heavy atom. The minimum Gasteiger partial charge on any atom is -0.393 e. The van der Waals surface area contributed by atoms with Crippen LogP contribution < -0.4 is 0 Å². The standard InChI is InChI=1S/C14H22N2O4/c1-10(2)6-11-7-12(20-15-11)13(18)16-5-3-4-14(19,8-16)9-17/h7,10,17,19H,3-6,8-9H2,1-2H3/t14-/m0/s1. The van der Waals surface area contributed by atoms with E-state index < -0.39 is 5.60 Å². The van der Waals surface area contributed by atoms with Crippen molar-refractivity contribution in [1.29, 1.82) is 0 Å². The Morgan fingerprint density at radius 1 is 1.60 bits per heavy atom. The fourth-order valence-electron chi connectivity index (χ4n) is 2.50. The van der Waals surface area contributed by atoms with E-state index in [2.05, 4.69) is 19.0 Å². The lowest BCUT2D eigenvalue weighted by Crippen LogP contribution is -2.52. The minimum atomic E-state index is -1.20. The molecule has 1 aromatic heterocycles. The molecule has 2 rings (SSSR count). The molecule has 2 heterocycles. The smallest absolute Gasteiger partial charge is 0.292 e. The number of hydrogen-bond acceptors (Lipinski definition) is 5. The Balaban J connectivity index is 2.05. The van der Waals surface area contributed by atoms with Crippen LogP contribution in [0.1, 0.15) is 42.9 Å². The van der Waals surface area contributed by atoms with E-state index in [0.29, 0.717) is 25.3 Å². The summed E-state index contributed by atoms with van der Waals surface area (Å²) in [7, 11) is 0. The van der Waals surface area contributed by atoms with Gasteiger partial charge in [0, 0.05) is 12.6 Å². The lowest BCUT2D eigenvalue weighted by atomic mass is 9.93. The van der Waals surface area contributed by atoms with Gasteiger partial charge in [-0.05, 0) is 25.2 Å². The van der Waals surface area contributed by atoms with Crippen LogP contribution in [0.25, 0.3) is 0 Å². The lowest BCUT2D eigenvalue weighted by molar-refractivity contribution is -0.0603. The fraction of sp³-hybridized carbons (Fsp3) is 0.714. The van der Waals surface area contributed by atoms with Crippen molar-refractivity contribution >= 4 is 5.91 Å². The molecule has 0 aliphatic carbocycles. The lowest BCUT2D eigenvalue weighted by Gasteiger charge is -2.37. The number of hydrogen-bond donors (Lipinski definition) is 2. The summed E-state index contributed by atoms with van der Waals surface area (Å²) in [4.78, 5) is 13.8. The SMILES string of the molecule is CC(C)Cc1cc(C(=O)N2CCC[C@@](O)(CO)C2)on1. The van der Waals surface area contributed by atoms with Crippen LogP contribution in [0.2, 0.25) is 0 Å². The first-order chi connectivity index (χ1) is 9.43. The Bertz CT molecular complexity index is 471. The molecule has 112 valence electrons. The van der Waals surface area contributed by atoms with Crippen LogP contribution >= 0.6 is 0 Å². The van der Waals surface area contributed by atoms with Crippen LogP contribution in [0.5, 0.6) is 0 Å². The summed E-state index contributed by atoms with van der Waals surface area (Å²) in [6, 6.07) is 1.66. The first-order valence-corrected chi connectivity index (χ1v) is 7.01. The van der Waals surface area contributed by atoms with Gasteiger partial charge in [0.25, 0.3) is 5.91 Å². The van der Waals surface area contributed by atoms with Crippen molar-refractivity contribution in [2.75, 3.05) is 19.7 Å². The summed E-state index contributed by atoms with van der Waals surface area (Å²) in [5.41, 5.74) is -0.438. The molecule has 0 aromatic carbocycles. The van der Waals surface area contributed by atoms with Gasteiger partial charge in [-0.15, -0.1) is 0 Å². The maximum atomic E-state index is 12.3. The highest BCUT2D eigenvalue weighted by molar-refractivity contribution is 5.91. The molecule has 1 aliphatic heterocycles.